The van der Waals surface area contributed by atoms with Crippen LogP contribution in [0.3, 0.4) is 0 Å². The molecule has 0 radical (unpaired) electrons. The number of aromatic nitrogens is 3. The van der Waals surface area contributed by atoms with Gasteiger partial charge in [0, 0.05) is 35.8 Å². The molecule has 11 heteroatoms. The minimum absolute atomic E-state index is 0.0195. The molecule has 0 fully saturated rings. The van der Waals surface area contributed by atoms with Crippen molar-refractivity contribution in [2.45, 2.75) is 18.7 Å². The van der Waals surface area contributed by atoms with Crippen molar-refractivity contribution < 1.29 is 22.7 Å². The van der Waals surface area contributed by atoms with Crippen molar-refractivity contribution in [2.24, 2.45) is 12.2 Å². The van der Waals surface area contributed by atoms with Crippen LogP contribution in [0, 0.1) is 13.8 Å². The van der Waals surface area contributed by atoms with Gasteiger partial charge in [0.15, 0.2) is 12.3 Å². The number of nitrogens with two attached hydrogens (primary N) is 1. The number of rotatable bonds is 6. The van der Waals surface area contributed by atoms with Crippen LogP contribution < -0.4 is 10.7 Å². The van der Waals surface area contributed by atoms with Crippen molar-refractivity contribution in [3.63, 3.8) is 0 Å². The van der Waals surface area contributed by atoms with Gasteiger partial charge in [-0.2, -0.15) is 5.10 Å². The predicted molar refractivity (Wildman–Crippen MR) is 111 cm³/mol. The van der Waals surface area contributed by atoms with Crippen LogP contribution in [0.1, 0.15) is 32.2 Å². The Labute approximate surface area is 177 Å². The standard InChI is InChI=1S/C20H20N4O6S/c1-12-10-16(13(2)24(12)14-4-6-15(7-5-14)31(21,28)29)18(25)11-30-20(27)17-8-9-19(26)23(3)22-17/h4-10H,11H2,1-3H3,(H2,21,28,29). The Morgan fingerprint density at radius 3 is 2.32 bits per heavy atom. The first-order chi connectivity index (χ1) is 14.5. The molecule has 162 valence electrons. The van der Waals surface area contributed by atoms with E-state index in [1.807, 2.05) is 0 Å². The number of primary sulfonamides is 1. The van der Waals surface area contributed by atoms with Crippen molar-refractivity contribution in [1.29, 1.82) is 0 Å². The summed E-state index contributed by atoms with van der Waals surface area (Å²) in [6, 6.07) is 9.99. The molecule has 0 spiro atoms. The third-order valence-electron chi connectivity index (χ3n) is 4.66. The van der Waals surface area contributed by atoms with Crippen molar-refractivity contribution >= 4 is 21.8 Å². The number of hydrogen-bond donors (Lipinski definition) is 1. The lowest BCUT2D eigenvalue weighted by Crippen LogP contribution is -2.23. The van der Waals surface area contributed by atoms with Crippen molar-refractivity contribution in [3.8, 4) is 5.69 Å². The van der Waals surface area contributed by atoms with E-state index in [1.54, 1.807) is 36.6 Å². The summed E-state index contributed by atoms with van der Waals surface area (Å²) in [4.78, 5) is 36.1. The van der Waals surface area contributed by atoms with E-state index in [0.717, 1.165) is 10.4 Å². The minimum Gasteiger partial charge on any atom is -0.453 e. The summed E-state index contributed by atoms with van der Waals surface area (Å²) < 4.78 is 30.7. The van der Waals surface area contributed by atoms with Crippen molar-refractivity contribution in [3.05, 3.63) is 75.5 Å². The second kappa shape index (κ2) is 8.28. The van der Waals surface area contributed by atoms with Gasteiger partial charge in [-0.3, -0.25) is 9.59 Å². The third kappa shape index (κ3) is 4.62. The maximum Gasteiger partial charge on any atom is 0.359 e. The Morgan fingerprint density at radius 1 is 1.10 bits per heavy atom. The summed E-state index contributed by atoms with van der Waals surface area (Å²) >= 11 is 0. The zero-order valence-electron chi connectivity index (χ0n) is 17.0. The molecule has 10 nitrogen and oxygen atoms in total. The largest absolute Gasteiger partial charge is 0.453 e. The van der Waals surface area contributed by atoms with E-state index in [-0.39, 0.29) is 16.1 Å². The van der Waals surface area contributed by atoms with Crippen LogP contribution >= 0.6 is 0 Å². The zero-order valence-corrected chi connectivity index (χ0v) is 17.8. The maximum absolute atomic E-state index is 12.6. The van der Waals surface area contributed by atoms with Gasteiger partial charge in [-0.25, -0.2) is 23.0 Å². The Balaban J connectivity index is 1.79. The van der Waals surface area contributed by atoms with Gasteiger partial charge in [0.2, 0.25) is 15.8 Å². The van der Waals surface area contributed by atoms with E-state index >= 15 is 0 Å². The van der Waals surface area contributed by atoms with E-state index in [1.165, 1.54) is 31.3 Å². The van der Waals surface area contributed by atoms with Gasteiger partial charge in [0.1, 0.15) is 0 Å². The fraction of sp³-hybridized carbons (Fsp3) is 0.200. The van der Waals surface area contributed by atoms with Gasteiger partial charge >= 0.3 is 5.97 Å². The van der Waals surface area contributed by atoms with E-state index in [9.17, 15) is 22.8 Å². The summed E-state index contributed by atoms with van der Waals surface area (Å²) in [6.07, 6.45) is 0. The summed E-state index contributed by atoms with van der Waals surface area (Å²) in [6.45, 7) is 3.01. The molecule has 0 saturated heterocycles. The molecule has 0 aliphatic heterocycles. The second-order valence-electron chi connectivity index (χ2n) is 6.84. The molecule has 31 heavy (non-hydrogen) atoms. The smallest absolute Gasteiger partial charge is 0.359 e. The van der Waals surface area contributed by atoms with Gasteiger partial charge in [-0.1, -0.05) is 0 Å². The van der Waals surface area contributed by atoms with Crippen LogP contribution in [-0.4, -0.2) is 41.1 Å². The second-order valence-corrected chi connectivity index (χ2v) is 8.40. The average molecular weight is 444 g/mol. The number of sulfonamides is 1. The van der Waals surface area contributed by atoms with Crippen LogP contribution in [0.15, 0.2) is 52.2 Å². The Bertz CT molecular complexity index is 1340. The lowest BCUT2D eigenvalue weighted by atomic mass is 10.1. The molecular formula is C20H20N4O6S. The van der Waals surface area contributed by atoms with Crippen molar-refractivity contribution in [1.82, 2.24) is 14.3 Å². The molecule has 0 aliphatic rings. The Kier molecular flexibility index (Phi) is 5.91. The van der Waals surface area contributed by atoms with Gasteiger partial charge in [-0.05, 0) is 50.2 Å². The first-order valence-corrected chi connectivity index (χ1v) is 10.6. The van der Waals surface area contributed by atoms with Gasteiger partial charge in [0.25, 0.3) is 5.56 Å². The highest BCUT2D eigenvalue weighted by atomic mass is 32.2. The molecule has 3 aromatic rings. The lowest BCUT2D eigenvalue weighted by molar-refractivity contribution is 0.0466. The molecule has 2 heterocycles. The van der Waals surface area contributed by atoms with E-state index < -0.39 is 28.4 Å². The fourth-order valence-corrected chi connectivity index (χ4v) is 3.64. The maximum atomic E-state index is 12.6. The number of hydrogen-bond acceptors (Lipinski definition) is 7. The van der Waals surface area contributed by atoms with Gasteiger partial charge in [0.05, 0.1) is 4.90 Å². The molecule has 0 amide bonds. The topological polar surface area (TPSA) is 143 Å². The number of carbonyl (C=O) groups is 2. The van der Waals surface area contributed by atoms with Crippen molar-refractivity contribution in [2.75, 3.05) is 6.61 Å². The number of benzene rings is 1. The predicted octanol–water partition coefficient (Wildman–Crippen LogP) is 0.875. The van der Waals surface area contributed by atoms with E-state index in [4.69, 9.17) is 9.88 Å². The summed E-state index contributed by atoms with van der Waals surface area (Å²) in [5.41, 5.74) is 1.87. The molecule has 2 N–H and O–H groups in total. The summed E-state index contributed by atoms with van der Waals surface area (Å²) in [5, 5.41) is 8.91. The number of nitrogens with zero attached hydrogens (tertiary/aromatic N) is 3. The molecule has 0 saturated carbocycles. The first-order valence-electron chi connectivity index (χ1n) is 9.06. The average Bonchev–Trinajstić information content (AvgIpc) is 3.01. The molecule has 0 atom stereocenters. The van der Waals surface area contributed by atoms with Crippen LogP contribution in [0.4, 0.5) is 0 Å². The fourth-order valence-electron chi connectivity index (χ4n) is 3.12. The normalized spacial score (nSPS) is 11.4. The molecule has 0 bridgehead atoms. The van der Waals surface area contributed by atoms with Crippen LogP contribution in [0.25, 0.3) is 5.69 Å². The highest BCUT2D eigenvalue weighted by Gasteiger charge is 2.19. The molecular weight excluding hydrogens is 424 g/mol. The summed E-state index contributed by atoms with van der Waals surface area (Å²) in [7, 11) is -2.41. The van der Waals surface area contributed by atoms with Crippen LogP contribution in [-0.2, 0) is 21.8 Å². The molecule has 0 aliphatic carbocycles. The monoisotopic (exact) mass is 444 g/mol. The van der Waals surface area contributed by atoms with Crippen LogP contribution in [0.5, 0.6) is 0 Å². The lowest BCUT2D eigenvalue weighted by Gasteiger charge is -2.10. The highest BCUT2D eigenvalue weighted by Crippen LogP contribution is 2.22. The van der Waals surface area contributed by atoms with E-state index in [0.29, 0.717) is 16.9 Å². The third-order valence-corrected chi connectivity index (χ3v) is 5.59. The number of ether oxygens (including phenoxy) is 1. The highest BCUT2D eigenvalue weighted by molar-refractivity contribution is 7.89. The Hall–Kier alpha value is -3.57. The van der Waals surface area contributed by atoms with Gasteiger partial charge < -0.3 is 9.30 Å². The Morgan fingerprint density at radius 2 is 1.74 bits per heavy atom. The zero-order chi connectivity index (χ0) is 22.9. The minimum atomic E-state index is -3.81. The molecule has 0 unspecified atom stereocenters. The number of carbonyl (C=O) groups excluding carboxylic acids is 2. The first kappa shape index (κ1) is 22.1. The number of esters is 1. The van der Waals surface area contributed by atoms with E-state index in [2.05, 4.69) is 5.10 Å². The molecule has 1 aromatic carbocycles. The molecule has 2 aromatic heterocycles. The SMILES string of the molecule is Cc1cc(C(=O)COC(=O)c2ccc(=O)n(C)n2)c(C)n1-c1ccc(S(N)(=O)=O)cc1. The quantitative estimate of drug-likeness (QED) is 0.439. The number of aryl methyl sites for hydroxylation is 2. The number of ketones is 1. The van der Waals surface area contributed by atoms with Crippen LogP contribution in [0.2, 0.25) is 0 Å². The molecule has 3 rings (SSSR count). The number of Topliss-reactive ketones (excluding diaryl/α,β-unsaturated/α-hetero) is 1. The summed E-state index contributed by atoms with van der Waals surface area (Å²) in [5.74, 6) is -1.24. The van der Waals surface area contributed by atoms with Gasteiger partial charge in [-0.15, -0.1) is 0 Å².